The van der Waals surface area contributed by atoms with Crippen molar-refractivity contribution in [1.29, 1.82) is 0 Å². The van der Waals surface area contributed by atoms with Crippen molar-refractivity contribution < 1.29 is 22.6 Å². The zero-order valence-electron chi connectivity index (χ0n) is 14.5. The maximum absolute atomic E-state index is 14.0. The molecule has 0 spiro atoms. The lowest BCUT2D eigenvalue weighted by atomic mass is 10.1. The first-order valence-corrected chi connectivity index (χ1v) is 8.30. The zero-order valence-corrected chi connectivity index (χ0v) is 14.5. The highest BCUT2D eigenvalue weighted by Gasteiger charge is 2.19. The summed E-state index contributed by atoms with van der Waals surface area (Å²) < 4.78 is 48.8. The highest BCUT2D eigenvalue weighted by molar-refractivity contribution is 5.79. The van der Waals surface area contributed by atoms with E-state index in [0.717, 1.165) is 19.6 Å². The van der Waals surface area contributed by atoms with Gasteiger partial charge in [-0.25, -0.2) is 9.38 Å². The molecule has 0 amide bonds. The summed E-state index contributed by atoms with van der Waals surface area (Å²) in [6.45, 7) is 1.69. The number of nitrogens with one attached hydrogen (secondary N) is 1. The van der Waals surface area contributed by atoms with Crippen LogP contribution in [-0.4, -0.2) is 50.8 Å². The molecule has 1 aromatic rings. The van der Waals surface area contributed by atoms with Gasteiger partial charge in [0.15, 0.2) is 5.96 Å². The summed E-state index contributed by atoms with van der Waals surface area (Å²) in [6, 6.07) is 3.85. The maximum Gasteiger partial charge on any atom is 0.387 e. The number of guanidine groups is 1. The first-order valence-electron chi connectivity index (χ1n) is 8.30. The predicted octanol–water partition coefficient (Wildman–Crippen LogP) is 2.86. The van der Waals surface area contributed by atoms with E-state index in [9.17, 15) is 13.2 Å². The van der Waals surface area contributed by atoms with E-state index in [1.165, 1.54) is 18.2 Å². The number of ether oxygens (including phenoxy) is 2. The second kappa shape index (κ2) is 9.50. The first kappa shape index (κ1) is 19.4. The number of hydrogen-bond donors (Lipinski definition) is 1. The zero-order chi connectivity index (χ0) is 18.2. The molecule has 1 aliphatic rings. The van der Waals surface area contributed by atoms with Gasteiger partial charge in [0.25, 0.3) is 0 Å². The molecule has 25 heavy (non-hydrogen) atoms. The molecule has 1 unspecified atom stereocenters. The summed E-state index contributed by atoms with van der Waals surface area (Å²) in [5, 5.41) is 3.13. The number of alkyl halides is 2. The van der Waals surface area contributed by atoms with Crippen LogP contribution in [0, 0.1) is 11.7 Å². The molecule has 1 aromatic carbocycles. The largest absolute Gasteiger partial charge is 0.434 e. The van der Waals surface area contributed by atoms with Gasteiger partial charge in [-0.05, 0) is 25.5 Å². The van der Waals surface area contributed by atoms with Crippen molar-refractivity contribution in [3.63, 3.8) is 0 Å². The normalized spacial score (nSPS) is 17.8. The molecule has 0 bridgehead atoms. The van der Waals surface area contributed by atoms with Gasteiger partial charge in [-0.1, -0.05) is 6.07 Å². The highest BCUT2D eigenvalue weighted by atomic mass is 19.3. The third kappa shape index (κ3) is 5.81. The van der Waals surface area contributed by atoms with Crippen LogP contribution in [0.2, 0.25) is 0 Å². The lowest BCUT2D eigenvalue weighted by Gasteiger charge is -2.24. The van der Waals surface area contributed by atoms with Gasteiger partial charge in [-0.3, -0.25) is 0 Å². The average molecular weight is 359 g/mol. The van der Waals surface area contributed by atoms with Gasteiger partial charge >= 0.3 is 6.61 Å². The summed E-state index contributed by atoms with van der Waals surface area (Å²) in [6.07, 6.45) is 0.990. The minimum absolute atomic E-state index is 0.0100. The minimum Gasteiger partial charge on any atom is -0.434 e. The van der Waals surface area contributed by atoms with Crippen LogP contribution in [0.15, 0.2) is 23.2 Å². The first-order chi connectivity index (χ1) is 12.0. The molecule has 1 heterocycles. The molecule has 0 radical (unpaired) electrons. The van der Waals surface area contributed by atoms with Crippen LogP contribution >= 0.6 is 0 Å². The lowest BCUT2D eigenvalue weighted by Crippen LogP contribution is -2.41. The van der Waals surface area contributed by atoms with Gasteiger partial charge in [0.1, 0.15) is 11.6 Å². The smallest absolute Gasteiger partial charge is 0.387 e. The second-order valence-corrected chi connectivity index (χ2v) is 5.88. The summed E-state index contributed by atoms with van der Waals surface area (Å²) in [5.74, 6) is 0.187. The van der Waals surface area contributed by atoms with E-state index < -0.39 is 12.4 Å². The molecule has 8 heteroatoms. The second-order valence-electron chi connectivity index (χ2n) is 5.88. The number of rotatable bonds is 7. The number of benzene rings is 1. The monoisotopic (exact) mass is 359 g/mol. The fraction of sp³-hybridized carbons (Fsp3) is 0.588. The van der Waals surface area contributed by atoms with Gasteiger partial charge in [-0.2, -0.15) is 8.78 Å². The Labute approximate surface area is 145 Å². The number of nitrogens with zero attached hydrogens (tertiary/aromatic N) is 2. The Balaban J connectivity index is 2.12. The molecular formula is C17H24F3N3O2. The number of hydrogen-bond acceptors (Lipinski definition) is 3. The predicted molar refractivity (Wildman–Crippen MR) is 89.4 cm³/mol. The van der Waals surface area contributed by atoms with Crippen molar-refractivity contribution in [2.75, 3.05) is 33.4 Å². The van der Waals surface area contributed by atoms with Crippen molar-refractivity contribution in [1.82, 2.24) is 10.2 Å². The Bertz CT molecular complexity index is 578. The molecule has 0 aromatic heterocycles. The molecule has 5 nitrogen and oxygen atoms in total. The van der Waals surface area contributed by atoms with Crippen LogP contribution < -0.4 is 10.1 Å². The molecule has 1 saturated heterocycles. The lowest BCUT2D eigenvalue weighted by molar-refractivity contribution is -0.0506. The molecule has 0 saturated carbocycles. The van der Waals surface area contributed by atoms with E-state index in [1.807, 2.05) is 18.9 Å². The van der Waals surface area contributed by atoms with Crippen LogP contribution in [-0.2, 0) is 11.3 Å². The third-order valence-electron chi connectivity index (χ3n) is 3.93. The van der Waals surface area contributed by atoms with Crippen LogP contribution in [0.25, 0.3) is 0 Å². The fourth-order valence-corrected chi connectivity index (χ4v) is 2.72. The number of halogens is 3. The molecule has 2 rings (SSSR count). The Morgan fingerprint density at radius 2 is 2.28 bits per heavy atom. The van der Waals surface area contributed by atoms with Gasteiger partial charge in [0.2, 0.25) is 0 Å². The Kier molecular flexibility index (Phi) is 7.36. The Morgan fingerprint density at radius 3 is 2.92 bits per heavy atom. The van der Waals surface area contributed by atoms with E-state index in [4.69, 9.17) is 4.74 Å². The number of aliphatic imine (C=N–C) groups is 1. The van der Waals surface area contributed by atoms with Crippen LogP contribution in [0.1, 0.15) is 18.9 Å². The van der Waals surface area contributed by atoms with E-state index in [2.05, 4.69) is 15.0 Å². The standard InChI is InChI=1S/C17H24F3N3O2/c1-3-21-17(23(2)10-12-7-8-24-11-12)22-9-13-14(18)5-4-6-15(13)25-16(19)20/h4-6,12,16H,3,7-11H2,1-2H3,(H,21,22). The van der Waals surface area contributed by atoms with Crippen molar-refractivity contribution in [3.05, 3.63) is 29.6 Å². The Morgan fingerprint density at radius 1 is 1.48 bits per heavy atom. The average Bonchev–Trinajstić information content (AvgIpc) is 3.05. The third-order valence-corrected chi connectivity index (χ3v) is 3.93. The summed E-state index contributed by atoms with van der Waals surface area (Å²) in [4.78, 5) is 6.32. The molecule has 1 N–H and O–H groups in total. The SMILES string of the molecule is CCNC(=NCc1c(F)cccc1OC(F)F)N(C)CC1CCOC1. The topological polar surface area (TPSA) is 46.1 Å². The maximum atomic E-state index is 14.0. The summed E-state index contributed by atoms with van der Waals surface area (Å²) in [5.41, 5.74) is 0.0100. The van der Waals surface area contributed by atoms with Gasteiger partial charge < -0.3 is 19.7 Å². The molecule has 140 valence electrons. The van der Waals surface area contributed by atoms with Crippen molar-refractivity contribution in [3.8, 4) is 5.75 Å². The van der Waals surface area contributed by atoms with Crippen LogP contribution in [0.5, 0.6) is 5.75 Å². The van der Waals surface area contributed by atoms with Gasteiger partial charge in [-0.15, -0.1) is 0 Å². The van der Waals surface area contributed by atoms with E-state index in [-0.39, 0.29) is 17.9 Å². The van der Waals surface area contributed by atoms with Crippen molar-refractivity contribution in [2.45, 2.75) is 26.5 Å². The summed E-state index contributed by atoms with van der Waals surface area (Å²) in [7, 11) is 1.89. The molecular weight excluding hydrogens is 335 g/mol. The summed E-state index contributed by atoms with van der Waals surface area (Å²) >= 11 is 0. The quantitative estimate of drug-likeness (QED) is 0.601. The van der Waals surface area contributed by atoms with Crippen molar-refractivity contribution >= 4 is 5.96 Å². The highest BCUT2D eigenvalue weighted by Crippen LogP contribution is 2.24. The van der Waals surface area contributed by atoms with Gasteiger partial charge in [0.05, 0.1) is 18.7 Å². The fourth-order valence-electron chi connectivity index (χ4n) is 2.72. The minimum atomic E-state index is -3.01. The van der Waals surface area contributed by atoms with E-state index in [1.54, 1.807) is 0 Å². The van der Waals surface area contributed by atoms with Crippen molar-refractivity contribution in [2.24, 2.45) is 10.9 Å². The molecule has 1 atom stereocenters. The van der Waals surface area contributed by atoms with Gasteiger partial charge in [0, 0.05) is 32.7 Å². The van der Waals surface area contributed by atoms with E-state index in [0.29, 0.717) is 25.0 Å². The van der Waals surface area contributed by atoms with Crippen LogP contribution in [0.3, 0.4) is 0 Å². The van der Waals surface area contributed by atoms with Crippen LogP contribution in [0.4, 0.5) is 13.2 Å². The van der Waals surface area contributed by atoms with E-state index >= 15 is 0 Å². The molecule has 1 aliphatic heterocycles. The Hall–Kier alpha value is -1.96. The molecule has 0 aliphatic carbocycles. The molecule has 1 fully saturated rings.